The zero-order chi connectivity index (χ0) is 22.4. The standard InChI is InChI=1S/C21H20O10/c1-8-15(25)17(27)18(28)21(29-8)31-20-16(26)14-12(24)6-11(23)7-13(14)30-19(20)9-2-4-10(22)5-3-9/h2-8,15,17-18,21-25,27-28H,1H3/t8?,15-,17?,18-,21-/m0/s1. The molecule has 164 valence electrons. The number of rotatable bonds is 3. The highest BCUT2D eigenvalue weighted by atomic mass is 16.7. The zero-order valence-corrected chi connectivity index (χ0v) is 16.2. The third-order valence-electron chi connectivity index (χ3n) is 5.09. The fourth-order valence-electron chi connectivity index (χ4n) is 3.41. The Morgan fingerprint density at radius 3 is 2.26 bits per heavy atom. The van der Waals surface area contributed by atoms with Crippen LogP contribution in [0.25, 0.3) is 22.3 Å². The second-order valence-corrected chi connectivity index (χ2v) is 7.27. The highest BCUT2D eigenvalue weighted by molar-refractivity contribution is 5.88. The van der Waals surface area contributed by atoms with Crippen molar-refractivity contribution in [2.75, 3.05) is 0 Å². The van der Waals surface area contributed by atoms with Gasteiger partial charge in [-0.3, -0.25) is 4.79 Å². The average Bonchev–Trinajstić information content (AvgIpc) is 2.72. The summed E-state index contributed by atoms with van der Waals surface area (Å²) in [5, 5.41) is 59.4. The predicted octanol–water partition coefficient (Wildman–Crippen LogP) is 0.783. The molecule has 1 aromatic heterocycles. The topological polar surface area (TPSA) is 170 Å². The Hall–Kier alpha value is -3.31. The maximum atomic E-state index is 13.2. The van der Waals surface area contributed by atoms with Crippen LogP contribution in [0.4, 0.5) is 0 Å². The molecule has 1 saturated heterocycles. The molecule has 10 heteroatoms. The molecule has 10 nitrogen and oxygen atoms in total. The van der Waals surface area contributed by atoms with Gasteiger partial charge in [-0.2, -0.15) is 0 Å². The van der Waals surface area contributed by atoms with Crippen molar-refractivity contribution in [1.82, 2.24) is 0 Å². The van der Waals surface area contributed by atoms with Gasteiger partial charge in [-0.1, -0.05) is 0 Å². The van der Waals surface area contributed by atoms with Gasteiger partial charge in [-0.25, -0.2) is 0 Å². The number of phenolic OH excluding ortho intramolecular Hbond substituents is 3. The van der Waals surface area contributed by atoms with E-state index in [1.165, 1.54) is 31.2 Å². The van der Waals surface area contributed by atoms with Crippen LogP contribution in [-0.4, -0.2) is 61.3 Å². The molecule has 31 heavy (non-hydrogen) atoms. The Bertz CT molecular complexity index is 1170. The van der Waals surface area contributed by atoms with Gasteiger partial charge in [0.1, 0.15) is 46.5 Å². The van der Waals surface area contributed by atoms with E-state index in [9.17, 15) is 35.4 Å². The van der Waals surface area contributed by atoms with Gasteiger partial charge in [0.2, 0.25) is 17.5 Å². The van der Waals surface area contributed by atoms with Crippen LogP contribution in [0.3, 0.4) is 0 Å². The molecule has 5 atom stereocenters. The molecule has 0 bridgehead atoms. The van der Waals surface area contributed by atoms with E-state index in [0.717, 1.165) is 12.1 Å². The molecule has 2 unspecified atom stereocenters. The SMILES string of the molecule is CC1O[C@@H](Oc2c(-c3ccc(O)cc3)oc3cc(O)cc(O)c3c2=O)[C@@H](O)C(O)[C@H]1O. The first kappa shape index (κ1) is 20.9. The molecular formula is C21H20O10. The molecular weight excluding hydrogens is 412 g/mol. The summed E-state index contributed by atoms with van der Waals surface area (Å²) in [6.07, 6.45) is -7.11. The smallest absolute Gasteiger partial charge is 0.239 e. The largest absolute Gasteiger partial charge is 0.508 e. The minimum atomic E-state index is -1.69. The molecule has 1 aliphatic rings. The minimum absolute atomic E-state index is 0.0402. The normalized spacial score (nSPS) is 26.1. The fraction of sp³-hybridized carbons (Fsp3) is 0.286. The number of ether oxygens (including phenoxy) is 2. The lowest BCUT2D eigenvalue weighted by Crippen LogP contribution is -2.58. The third kappa shape index (κ3) is 3.66. The van der Waals surface area contributed by atoms with Crippen LogP contribution in [0, 0.1) is 0 Å². The molecule has 0 amide bonds. The molecule has 2 heterocycles. The Balaban J connectivity index is 1.90. The number of benzene rings is 2. The lowest BCUT2D eigenvalue weighted by atomic mass is 10.00. The maximum absolute atomic E-state index is 13.2. The number of phenols is 3. The first-order valence-electron chi connectivity index (χ1n) is 9.36. The molecule has 3 aromatic rings. The van der Waals surface area contributed by atoms with E-state index in [0.29, 0.717) is 5.56 Å². The van der Waals surface area contributed by atoms with Crippen molar-refractivity contribution in [2.24, 2.45) is 0 Å². The molecule has 0 aliphatic carbocycles. The summed E-state index contributed by atoms with van der Waals surface area (Å²) < 4.78 is 16.8. The second kappa shape index (κ2) is 7.75. The first-order valence-corrected chi connectivity index (χ1v) is 9.36. The summed E-state index contributed by atoms with van der Waals surface area (Å²) in [5.41, 5.74) is -0.661. The Labute approximate surface area is 174 Å². The zero-order valence-electron chi connectivity index (χ0n) is 16.2. The molecule has 0 spiro atoms. The van der Waals surface area contributed by atoms with Crippen molar-refractivity contribution < 1.29 is 44.5 Å². The number of hydrogen-bond donors (Lipinski definition) is 6. The molecule has 0 radical (unpaired) electrons. The van der Waals surface area contributed by atoms with Crippen LogP contribution in [0.2, 0.25) is 0 Å². The molecule has 6 N–H and O–H groups in total. The number of aliphatic hydroxyl groups is 3. The molecule has 2 aromatic carbocycles. The predicted molar refractivity (Wildman–Crippen MR) is 106 cm³/mol. The summed E-state index contributed by atoms with van der Waals surface area (Å²) in [4.78, 5) is 13.2. The van der Waals surface area contributed by atoms with Crippen molar-refractivity contribution in [3.8, 4) is 34.3 Å². The van der Waals surface area contributed by atoms with Gasteiger partial charge in [0.05, 0.1) is 6.10 Å². The lowest BCUT2D eigenvalue weighted by Gasteiger charge is -2.38. The molecule has 4 rings (SSSR count). The minimum Gasteiger partial charge on any atom is -0.508 e. The van der Waals surface area contributed by atoms with E-state index in [2.05, 4.69) is 0 Å². The van der Waals surface area contributed by atoms with Gasteiger partial charge in [0, 0.05) is 17.7 Å². The highest BCUT2D eigenvalue weighted by Gasteiger charge is 2.44. The lowest BCUT2D eigenvalue weighted by molar-refractivity contribution is -0.268. The van der Waals surface area contributed by atoms with Crippen molar-refractivity contribution in [1.29, 1.82) is 0 Å². The van der Waals surface area contributed by atoms with E-state index in [1.54, 1.807) is 0 Å². The van der Waals surface area contributed by atoms with Crippen LogP contribution >= 0.6 is 0 Å². The molecule has 1 aliphatic heterocycles. The number of hydrogen-bond acceptors (Lipinski definition) is 10. The molecule has 0 saturated carbocycles. The quantitative estimate of drug-likeness (QED) is 0.348. The van der Waals surface area contributed by atoms with Crippen LogP contribution in [0.5, 0.6) is 23.0 Å². The van der Waals surface area contributed by atoms with Gasteiger partial charge in [-0.15, -0.1) is 0 Å². The Morgan fingerprint density at radius 2 is 1.58 bits per heavy atom. The number of aromatic hydroxyl groups is 3. The summed E-state index contributed by atoms with van der Waals surface area (Å²) in [6, 6.07) is 7.66. The van der Waals surface area contributed by atoms with Crippen LogP contribution in [-0.2, 0) is 4.74 Å². The maximum Gasteiger partial charge on any atom is 0.239 e. The van der Waals surface area contributed by atoms with Crippen molar-refractivity contribution in [2.45, 2.75) is 37.6 Å². The van der Waals surface area contributed by atoms with Crippen LogP contribution in [0.15, 0.2) is 45.6 Å². The highest BCUT2D eigenvalue weighted by Crippen LogP contribution is 2.37. The average molecular weight is 432 g/mol. The van der Waals surface area contributed by atoms with Gasteiger partial charge in [0.15, 0.2) is 5.76 Å². The third-order valence-corrected chi connectivity index (χ3v) is 5.09. The van der Waals surface area contributed by atoms with Gasteiger partial charge in [0.25, 0.3) is 0 Å². The Morgan fingerprint density at radius 1 is 0.903 bits per heavy atom. The van der Waals surface area contributed by atoms with Crippen molar-refractivity contribution >= 4 is 11.0 Å². The van der Waals surface area contributed by atoms with Gasteiger partial charge >= 0.3 is 0 Å². The van der Waals surface area contributed by atoms with Gasteiger partial charge < -0.3 is 44.5 Å². The van der Waals surface area contributed by atoms with Crippen molar-refractivity contribution in [3.63, 3.8) is 0 Å². The summed E-state index contributed by atoms with van der Waals surface area (Å²) in [5.74, 6) is -1.51. The van der Waals surface area contributed by atoms with E-state index >= 15 is 0 Å². The van der Waals surface area contributed by atoms with Crippen LogP contribution < -0.4 is 10.2 Å². The van der Waals surface area contributed by atoms with E-state index in [1.807, 2.05) is 0 Å². The fourth-order valence-corrected chi connectivity index (χ4v) is 3.41. The second-order valence-electron chi connectivity index (χ2n) is 7.27. The number of aliphatic hydroxyl groups excluding tert-OH is 3. The number of fused-ring (bicyclic) bond motifs is 1. The van der Waals surface area contributed by atoms with E-state index < -0.39 is 47.6 Å². The first-order chi connectivity index (χ1) is 14.7. The molecule has 1 fully saturated rings. The summed E-state index contributed by atoms with van der Waals surface area (Å²) >= 11 is 0. The monoisotopic (exact) mass is 432 g/mol. The van der Waals surface area contributed by atoms with E-state index in [4.69, 9.17) is 13.9 Å². The van der Waals surface area contributed by atoms with Gasteiger partial charge in [-0.05, 0) is 31.2 Å². The summed E-state index contributed by atoms with van der Waals surface area (Å²) in [7, 11) is 0. The Kier molecular flexibility index (Phi) is 5.23. The van der Waals surface area contributed by atoms with Crippen molar-refractivity contribution in [3.05, 3.63) is 46.6 Å². The summed E-state index contributed by atoms with van der Waals surface area (Å²) in [6.45, 7) is 1.45. The van der Waals surface area contributed by atoms with Crippen LogP contribution in [0.1, 0.15) is 6.92 Å². The van der Waals surface area contributed by atoms with E-state index in [-0.39, 0.29) is 28.2 Å².